The molecule has 0 N–H and O–H groups in total. The summed E-state index contributed by atoms with van der Waals surface area (Å²) in [6.07, 6.45) is 0.719. The van der Waals surface area contributed by atoms with E-state index in [4.69, 9.17) is 4.74 Å². The van der Waals surface area contributed by atoms with Crippen LogP contribution in [0.4, 0.5) is 4.79 Å². The Balaban J connectivity index is 2.02. The molecule has 4 nitrogen and oxygen atoms in total. The lowest BCUT2D eigenvalue weighted by atomic mass is 9.93. The Bertz CT molecular complexity index is 430. The lowest BCUT2D eigenvalue weighted by molar-refractivity contribution is -0.128. The Labute approximate surface area is 107 Å². The fourth-order valence-corrected chi connectivity index (χ4v) is 2.16. The second-order valence-corrected chi connectivity index (χ2v) is 4.38. The molecule has 1 aromatic carbocycles. The van der Waals surface area contributed by atoms with E-state index in [2.05, 4.69) is 0 Å². The Morgan fingerprint density at radius 3 is 2.67 bits per heavy atom. The number of carbonyl (C=O) groups excluding carboxylic acids is 2. The van der Waals surface area contributed by atoms with Gasteiger partial charge in [-0.2, -0.15) is 0 Å². The van der Waals surface area contributed by atoms with Gasteiger partial charge in [0.1, 0.15) is 6.61 Å². The maximum atomic E-state index is 12.0. The predicted molar refractivity (Wildman–Crippen MR) is 67.2 cm³/mol. The van der Waals surface area contributed by atoms with Crippen LogP contribution in [0.2, 0.25) is 0 Å². The van der Waals surface area contributed by atoms with Gasteiger partial charge in [0, 0.05) is 6.42 Å². The van der Waals surface area contributed by atoms with Crippen molar-refractivity contribution in [2.45, 2.75) is 25.7 Å². The number of imide groups is 1. The second kappa shape index (κ2) is 5.67. The largest absolute Gasteiger partial charge is 0.447 e. The fourth-order valence-electron chi connectivity index (χ4n) is 2.16. The molecule has 1 aliphatic heterocycles. The summed E-state index contributed by atoms with van der Waals surface area (Å²) in [5.74, 6) is 0.0142. The Morgan fingerprint density at radius 2 is 2.11 bits per heavy atom. The lowest BCUT2D eigenvalue weighted by Crippen LogP contribution is -2.32. The van der Waals surface area contributed by atoms with Gasteiger partial charge in [-0.05, 0) is 17.9 Å². The molecule has 0 radical (unpaired) electrons. The zero-order valence-corrected chi connectivity index (χ0v) is 10.5. The number of cyclic esters (lactones) is 1. The number of carbonyl (C=O) groups is 2. The number of hydrogen-bond acceptors (Lipinski definition) is 3. The Hall–Kier alpha value is -1.84. The molecule has 0 spiro atoms. The predicted octanol–water partition coefficient (Wildman–Crippen LogP) is 2.55. The van der Waals surface area contributed by atoms with Crippen molar-refractivity contribution in [3.8, 4) is 0 Å². The van der Waals surface area contributed by atoms with Crippen LogP contribution < -0.4 is 0 Å². The number of nitrogens with zero attached hydrogens (tertiary/aromatic N) is 1. The number of ether oxygens (including phenoxy) is 1. The first-order valence-electron chi connectivity index (χ1n) is 6.24. The van der Waals surface area contributed by atoms with Crippen molar-refractivity contribution in [2.75, 3.05) is 13.2 Å². The van der Waals surface area contributed by atoms with E-state index < -0.39 is 6.09 Å². The van der Waals surface area contributed by atoms with Crippen LogP contribution in [0.25, 0.3) is 0 Å². The molecule has 96 valence electrons. The van der Waals surface area contributed by atoms with Gasteiger partial charge in [0.15, 0.2) is 0 Å². The summed E-state index contributed by atoms with van der Waals surface area (Å²) >= 11 is 0. The summed E-state index contributed by atoms with van der Waals surface area (Å²) in [5.41, 5.74) is 1.14. The summed E-state index contributed by atoms with van der Waals surface area (Å²) < 4.78 is 4.77. The normalized spacial score (nSPS) is 16.5. The minimum absolute atomic E-state index is 0.145. The third-order valence-electron chi connectivity index (χ3n) is 3.25. The van der Waals surface area contributed by atoms with Crippen LogP contribution in [-0.2, 0) is 9.53 Å². The summed E-state index contributed by atoms with van der Waals surface area (Å²) in [5, 5.41) is 0. The zero-order valence-electron chi connectivity index (χ0n) is 10.5. The minimum atomic E-state index is -0.511. The third kappa shape index (κ3) is 2.70. The molecule has 1 aliphatic rings. The molecule has 18 heavy (non-hydrogen) atoms. The van der Waals surface area contributed by atoms with E-state index in [1.54, 1.807) is 0 Å². The van der Waals surface area contributed by atoms with Crippen molar-refractivity contribution < 1.29 is 14.3 Å². The summed E-state index contributed by atoms with van der Waals surface area (Å²) in [6, 6.07) is 9.92. The smallest absolute Gasteiger partial charge is 0.416 e. The van der Waals surface area contributed by atoms with Crippen molar-refractivity contribution in [1.29, 1.82) is 0 Å². The molecule has 1 heterocycles. The van der Waals surface area contributed by atoms with Gasteiger partial charge >= 0.3 is 6.09 Å². The molecule has 1 unspecified atom stereocenters. The van der Waals surface area contributed by atoms with E-state index in [1.807, 2.05) is 37.3 Å². The quantitative estimate of drug-likeness (QED) is 0.821. The van der Waals surface area contributed by atoms with Crippen molar-refractivity contribution in [3.63, 3.8) is 0 Å². The van der Waals surface area contributed by atoms with Crippen LogP contribution in [0.15, 0.2) is 30.3 Å². The maximum Gasteiger partial charge on any atom is 0.416 e. The van der Waals surface area contributed by atoms with Crippen LogP contribution >= 0.6 is 0 Å². The monoisotopic (exact) mass is 247 g/mol. The molecule has 1 fully saturated rings. The second-order valence-electron chi connectivity index (χ2n) is 4.38. The first-order valence-corrected chi connectivity index (χ1v) is 6.24. The number of benzene rings is 1. The average Bonchev–Trinajstić information content (AvgIpc) is 2.83. The van der Waals surface area contributed by atoms with Gasteiger partial charge in [0.25, 0.3) is 0 Å². The van der Waals surface area contributed by atoms with Crippen LogP contribution in [0.1, 0.15) is 31.2 Å². The Kier molecular flexibility index (Phi) is 3.97. The molecule has 0 bridgehead atoms. The highest BCUT2D eigenvalue weighted by molar-refractivity contribution is 5.93. The van der Waals surface area contributed by atoms with Gasteiger partial charge < -0.3 is 4.74 Å². The molecule has 0 aliphatic carbocycles. The summed E-state index contributed by atoms with van der Waals surface area (Å²) in [6.45, 7) is 2.74. The molecule has 1 aromatic rings. The van der Waals surface area contributed by atoms with Crippen LogP contribution in [0.3, 0.4) is 0 Å². The van der Waals surface area contributed by atoms with E-state index in [1.165, 1.54) is 4.90 Å². The highest BCUT2D eigenvalue weighted by Gasteiger charge is 2.29. The SMILES string of the molecule is CCC(CC(=O)N1CCOC1=O)c1ccccc1. The van der Waals surface area contributed by atoms with E-state index in [0.717, 1.165) is 12.0 Å². The lowest BCUT2D eigenvalue weighted by Gasteiger charge is -2.17. The first kappa shape index (κ1) is 12.6. The average molecular weight is 247 g/mol. The van der Waals surface area contributed by atoms with Gasteiger partial charge in [0.2, 0.25) is 5.91 Å². The number of hydrogen-bond donors (Lipinski definition) is 0. The standard InChI is InChI=1S/C14H17NO3/c1-2-11(12-6-4-3-5-7-12)10-13(16)15-8-9-18-14(15)17/h3-7,11H,2,8-10H2,1H3. The van der Waals surface area contributed by atoms with Gasteiger partial charge in [-0.15, -0.1) is 0 Å². The number of rotatable bonds is 4. The van der Waals surface area contributed by atoms with Crippen LogP contribution in [-0.4, -0.2) is 30.1 Å². The minimum Gasteiger partial charge on any atom is -0.447 e. The van der Waals surface area contributed by atoms with Crippen LogP contribution in [0, 0.1) is 0 Å². The Morgan fingerprint density at radius 1 is 1.39 bits per heavy atom. The molecular weight excluding hydrogens is 230 g/mol. The molecule has 1 saturated heterocycles. The van der Waals surface area contributed by atoms with Crippen molar-refractivity contribution >= 4 is 12.0 Å². The zero-order chi connectivity index (χ0) is 13.0. The van der Waals surface area contributed by atoms with E-state index in [0.29, 0.717) is 19.6 Å². The molecule has 1 atom stereocenters. The van der Waals surface area contributed by atoms with Gasteiger partial charge in [-0.25, -0.2) is 9.69 Å². The molecule has 0 saturated carbocycles. The molecule has 2 rings (SSSR count). The highest BCUT2D eigenvalue weighted by atomic mass is 16.6. The molecule has 4 heteroatoms. The van der Waals surface area contributed by atoms with E-state index in [-0.39, 0.29) is 11.8 Å². The summed E-state index contributed by atoms with van der Waals surface area (Å²) in [4.78, 5) is 24.5. The maximum absolute atomic E-state index is 12.0. The molecular formula is C14H17NO3. The van der Waals surface area contributed by atoms with Crippen molar-refractivity contribution in [3.05, 3.63) is 35.9 Å². The van der Waals surface area contributed by atoms with Gasteiger partial charge in [-0.1, -0.05) is 37.3 Å². The van der Waals surface area contributed by atoms with E-state index >= 15 is 0 Å². The van der Waals surface area contributed by atoms with Crippen LogP contribution in [0.5, 0.6) is 0 Å². The highest BCUT2D eigenvalue weighted by Crippen LogP contribution is 2.24. The molecule has 2 amide bonds. The number of amides is 2. The third-order valence-corrected chi connectivity index (χ3v) is 3.25. The summed E-state index contributed by atoms with van der Waals surface area (Å²) in [7, 11) is 0. The first-order chi connectivity index (χ1) is 8.72. The van der Waals surface area contributed by atoms with E-state index in [9.17, 15) is 9.59 Å². The molecule has 0 aromatic heterocycles. The van der Waals surface area contributed by atoms with Crippen molar-refractivity contribution in [2.24, 2.45) is 0 Å². The topological polar surface area (TPSA) is 46.6 Å². The fraction of sp³-hybridized carbons (Fsp3) is 0.429. The van der Waals surface area contributed by atoms with Gasteiger partial charge in [-0.3, -0.25) is 4.79 Å². The van der Waals surface area contributed by atoms with Crippen molar-refractivity contribution in [1.82, 2.24) is 4.90 Å². The van der Waals surface area contributed by atoms with Gasteiger partial charge in [0.05, 0.1) is 6.54 Å².